The van der Waals surface area contributed by atoms with E-state index in [1.807, 2.05) is 45.2 Å². The number of carbonyl (C=O) groups excluding carboxylic acids is 3. The molecule has 9 nitrogen and oxygen atoms in total. The zero-order chi connectivity index (χ0) is 26.9. The summed E-state index contributed by atoms with van der Waals surface area (Å²) in [6, 6.07) is 9.10. The number of amides is 2. The average Bonchev–Trinajstić information content (AvgIpc) is 3.39. The summed E-state index contributed by atoms with van der Waals surface area (Å²) < 4.78 is 7.12. The van der Waals surface area contributed by atoms with Crippen LogP contribution in [0.25, 0.3) is 22.2 Å². The number of nitrogens with zero attached hydrogens (tertiary/aromatic N) is 4. The van der Waals surface area contributed by atoms with Gasteiger partial charge in [-0.25, -0.2) is 9.78 Å². The molecule has 0 spiro atoms. The number of rotatable bonds is 7. The Labute approximate surface area is 219 Å². The standard InChI is InChI=1S/C27H29N5O4S/c1-7-12-36-27(35)22-15(2)23(26(34)31(4)5)37-25(22)30-24(33)18-13-21(19-14-28-32(6)16(19)3)29-20-11-9-8-10-17(18)20/h8-11,13-14H,7,12H2,1-6H3,(H,30,33). The molecule has 0 unspecified atom stereocenters. The Morgan fingerprint density at radius 2 is 1.89 bits per heavy atom. The van der Waals surface area contributed by atoms with E-state index >= 15 is 0 Å². The van der Waals surface area contributed by atoms with Gasteiger partial charge in [0, 0.05) is 37.8 Å². The lowest BCUT2D eigenvalue weighted by molar-refractivity contribution is 0.0506. The second kappa shape index (κ2) is 10.5. The number of fused-ring (bicyclic) bond motifs is 1. The largest absolute Gasteiger partial charge is 0.462 e. The van der Waals surface area contributed by atoms with Crippen molar-refractivity contribution in [2.75, 3.05) is 26.0 Å². The van der Waals surface area contributed by atoms with E-state index in [1.165, 1.54) is 4.90 Å². The molecule has 0 atom stereocenters. The Balaban J connectivity index is 1.81. The summed E-state index contributed by atoms with van der Waals surface area (Å²) >= 11 is 1.07. The van der Waals surface area contributed by atoms with Crippen molar-refractivity contribution in [2.24, 2.45) is 7.05 Å². The van der Waals surface area contributed by atoms with Gasteiger partial charge in [0.2, 0.25) is 0 Å². The summed E-state index contributed by atoms with van der Waals surface area (Å²) in [5.41, 5.74) is 4.06. The molecule has 3 aromatic heterocycles. The van der Waals surface area contributed by atoms with Gasteiger partial charge in [-0.05, 0) is 38.0 Å². The molecule has 1 N–H and O–H groups in total. The first-order valence-corrected chi connectivity index (χ1v) is 12.7. The van der Waals surface area contributed by atoms with E-state index in [2.05, 4.69) is 10.4 Å². The molecular formula is C27H29N5O4S. The van der Waals surface area contributed by atoms with E-state index in [0.717, 1.165) is 22.6 Å². The lowest BCUT2D eigenvalue weighted by Crippen LogP contribution is -2.21. The predicted molar refractivity (Wildman–Crippen MR) is 144 cm³/mol. The van der Waals surface area contributed by atoms with Crippen molar-refractivity contribution in [2.45, 2.75) is 27.2 Å². The monoisotopic (exact) mass is 519 g/mol. The van der Waals surface area contributed by atoms with Gasteiger partial charge in [0.15, 0.2) is 0 Å². The highest BCUT2D eigenvalue weighted by atomic mass is 32.1. The normalized spacial score (nSPS) is 11.0. The molecule has 0 aliphatic rings. The number of pyridine rings is 1. The fraction of sp³-hybridized carbons (Fsp3) is 0.296. The molecule has 10 heteroatoms. The summed E-state index contributed by atoms with van der Waals surface area (Å²) in [5.74, 6) is -1.25. The smallest absolute Gasteiger partial charge is 0.341 e. The molecule has 0 saturated heterocycles. The Hall–Kier alpha value is -4.05. The van der Waals surface area contributed by atoms with Crippen LogP contribution in [0.1, 0.15) is 55.0 Å². The molecule has 4 rings (SSSR count). The Bertz CT molecular complexity index is 1520. The summed E-state index contributed by atoms with van der Waals surface area (Å²) in [4.78, 5) is 46.0. The van der Waals surface area contributed by atoms with E-state index in [4.69, 9.17) is 9.72 Å². The van der Waals surface area contributed by atoms with Crippen molar-refractivity contribution in [3.05, 3.63) is 63.8 Å². The van der Waals surface area contributed by atoms with Crippen LogP contribution < -0.4 is 5.32 Å². The van der Waals surface area contributed by atoms with Crippen LogP contribution in [0, 0.1) is 13.8 Å². The van der Waals surface area contributed by atoms with E-state index in [0.29, 0.717) is 39.0 Å². The van der Waals surface area contributed by atoms with Crippen molar-refractivity contribution in [1.82, 2.24) is 19.7 Å². The van der Waals surface area contributed by atoms with Gasteiger partial charge < -0.3 is 15.0 Å². The third-order valence-electron chi connectivity index (χ3n) is 6.09. The van der Waals surface area contributed by atoms with Crippen molar-refractivity contribution >= 4 is 45.0 Å². The third kappa shape index (κ3) is 4.97. The van der Waals surface area contributed by atoms with E-state index in [1.54, 1.807) is 38.0 Å². The van der Waals surface area contributed by atoms with Gasteiger partial charge >= 0.3 is 5.97 Å². The molecule has 1 aromatic carbocycles. The summed E-state index contributed by atoms with van der Waals surface area (Å²) in [6.45, 7) is 5.76. The van der Waals surface area contributed by atoms with Crippen LogP contribution >= 0.6 is 11.3 Å². The molecule has 0 aliphatic heterocycles. The van der Waals surface area contributed by atoms with Crippen LogP contribution in [0.4, 0.5) is 5.00 Å². The van der Waals surface area contributed by atoms with Crippen LogP contribution in [-0.4, -0.2) is 58.2 Å². The van der Waals surface area contributed by atoms with Gasteiger partial charge in [0.1, 0.15) is 5.00 Å². The molecule has 192 valence electrons. The fourth-order valence-electron chi connectivity index (χ4n) is 3.94. The zero-order valence-electron chi connectivity index (χ0n) is 21.7. The maximum atomic E-state index is 13.7. The maximum absolute atomic E-state index is 13.7. The fourth-order valence-corrected chi connectivity index (χ4v) is 5.15. The van der Waals surface area contributed by atoms with Crippen molar-refractivity contribution in [1.29, 1.82) is 0 Å². The summed E-state index contributed by atoms with van der Waals surface area (Å²) in [7, 11) is 5.12. The second-order valence-electron chi connectivity index (χ2n) is 8.89. The number of carbonyl (C=O) groups is 3. The number of hydrogen-bond acceptors (Lipinski definition) is 7. The van der Waals surface area contributed by atoms with Crippen LogP contribution in [0.3, 0.4) is 0 Å². The van der Waals surface area contributed by atoms with Gasteiger partial charge in [0.05, 0.1) is 40.0 Å². The predicted octanol–water partition coefficient (Wildman–Crippen LogP) is 4.83. The van der Waals surface area contributed by atoms with Gasteiger partial charge in [0.25, 0.3) is 11.8 Å². The number of hydrogen-bond donors (Lipinski definition) is 1. The molecular weight excluding hydrogens is 490 g/mol. The number of thiophene rings is 1. The van der Waals surface area contributed by atoms with Crippen molar-refractivity contribution in [3.8, 4) is 11.3 Å². The number of esters is 1. The van der Waals surface area contributed by atoms with Gasteiger partial charge in [-0.15, -0.1) is 11.3 Å². The maximum Gasteiger partial charge on any atom is 0.341 e. The number of ether oxygens (including phenoxy) is 1. The number of nitrogens with one attached hydrogen (secondary N) is 1. The number of para-hydroxylation sites is 1. The highest BCUT2D eigenvalue weighted by molar-refractivity contribution is 7.18. The number of aromatic nitrogens is 3. The van der Waals surface area contributed by atoms with Gasteiger partial charge in [-0.3, -0.25) is 14.3 Å². The molecule has 0 fully saturated rings. The van der Waals surface area contributed by atoms with Crippen molar-refractivity contribution < 1.29 is 19.1 Å². The lowest BCUT2D eigenvalue weighted by atomic mass is 10.0. The lowest BCUT2D eigenvalue weighted by Gasteiger charge is -2.11. The molecule has 0 bridgehead atoms. The summed E-state index contributed by atoms with van der Waals surface area (Å²) in [5, 5.41) is 8.13. The average molecular weight is 520 g/mol. The van der Waals surface area contributed by atoms with Crippen LogP contribution in [0.2, 0.25) is 0 Å². The van der Waals surface area contributed by atoms with Crippen LogP contribution in [0.5, 0.6) is 0 Å². The first-order valence-electron chi connectivity index (χ1n) is 11.9. The molecule has 2 amide bonds. The second-order valence-corrected chi connectivity index (χ2v) is 9.91. The third-order valence-corrected chi connectivity index (χ3v) is 7.28. The highest BCUT2D eigenvalue weighted by Gasteiger charge is 2.28. The van der Waals surface area contributed by atoms with E-state index in [9.17, 15) is 14.4 Å². The summed E-state index contributed by atoms with van der Waals surface area (Å²) in [6.07, 6.45) is 2.37. The first-order chi connectivity index (χ1) is 17.6. The minimum Gasteiger partial charge on any atom is -0.462 e. The van der Waals surface area contributed by atoms with Gasteiger partial charge in [-0.2, -0.15) is 5.10 Å². The number of benzene rings is 1. The molecule has 0 saturated carbocycles. The molecule has 4 aromatic rings. The quantitative estimate of drug-likeness (QED) is 0.351. The minimum atomic E-state index is -0.574. The van der Waals surface area contributed by atoms with Crippen LogP contribution in [-0.2, 0) is 11.8 Å². The van der Waals surface area contributed by atoms with E-state index < -0.39 is 11.9 Å². The van der Waals surface area contributed by atoms with Crippen molar-refractivity contribution in [3.63, 3.8) is 0 Å². The van der Waals surface area contributed by atoms with E-state index in [-0.39, 0.29) is 23.1 Å². The zero-order valence-corrected chi connectivity index (χ0v) is 22.5. The number of aryl methyl sites for hydroxylation is 1. The Morgan fingerprint density at radius 3 is 2.54 bits per heavy atom. The molecule has 0 aliphatic carbocycles. The number of anilines is 1. The Morgan fingerprint density at radius 1 is 1.16 bits per heavy atom. The molecule has 37 heavy (non-hydrogen) atoms. The molecule has 3 heterocycles. The SMILES string of the molecule is CCCOC(=O)c1c(NC(=O)c2cc(-c3cnn(C)c3C)nc3ccccc23)sc(C(=O)N(C)C)c1C. The van der Waals surface area contributed by atoms with Gasteiger partial charge in [-0.1, -0.05) is 25.1 Å². The minimum absolute atomic E-state index is 0.193. The van der Waals surface area contributed by atoms with Crippen LogP contribution in [0.15, 0.2) is 36.5 Å². The Kier molecular flexibility index (Phi) is 7.40. The first kappa shape index (κ1) is 26.0. The topological polar surface area (TPSA) is 106 Å². The highest BCUT2D eigenvalue weighted by Crippen LogP contribution is 2.35. The molecule has 0 radical (unpaired) electrons.